The van der Waals surface area contributed by atoms with Gasteiger partial charge in [-0.05, 0) is 49.0 Å². The van der Waals surface area contributed by atoms with Crippen LogP contribution in [0.3, 0.4) is 0 Å². The fraction of sp³-hybridized carbons (Fsp3) is 0.684. The quantitative estimate of drug-likeness (QED) is 0.826. The summed E-state index contributed by atoms with van der Waals surface area (Å²) in [6.07, 6.45) is 8.75. The summed E-state index contributed by atoms with van der Waals surface area (Å²) in [4.78, 5) is 0. The highest BCUT2D eigenvalue weighted by Gasteiger charge is 2.42. The molecule has 1 heteroatoms. The van der Waals surface area contributed by atoms with E-state index in [9.17, 15) is 0 Å². The van der Waals surface area contributed by atoms with Gasteiger partial charge < -0.3 is 5.73 Å². The van der Waals surface area contributed by atoms with Gasteiger partial charge in [-0.25, -0.2) is 0 Å². The molecule has 0 heterocycles. The molecule has 0 spiro atoms. The van der Waals surface area contributed by atoms with Gasteiger partial charge in [-0.2, -0.15) is 0 Å². The minimum atomic E-state index is 0.0608. The van der Waals surface area contributed by atoms with Crippen LogP contribution < -0.4 is 5.73 Å². The Morgan fingerprint density at radius 1 is 1.15 bits per heavy atom. The molecule has 2 N–H and O–H groups in total. The molecule has 0 amide bonds. The van der Waals surface area contributed by atoms with Crippen LogP contribution in [0.2, 0.25) is 0 Å². The van der Waals surface area contributed by atoms with Crippen LogP contribution in [0.25, 0.3) is 0 Å². The van der Waals surface area contributed by atoms with Gasteiger partial charge in [0.25, 0.3) is 0 Å². The Bertz CT molecular complexity index is 404. The van der Waals surface area contributed by atoms with Gasteiger partial charge in [0.2, 0.25) is 0 Å². The number of hydrogen-bond acceptors (Lipinski definition) is 1. The van der Waals surface area contributed by atoms with E-state index in [0.29, 0.717) is 11.3 Å². The highest BCUT2D eigenvalue weighted by molar-refractivity contribution is 5.14. The highest BCUT2D eigenvalue weighted by Crippen LogP contribution is 2.45. The summed E-state index contributed by atoms with van der Waals surface area (Å²) in [7, 11) is 0. The smallest absolute Gasteiger partial charge is 0.0188 e. The Labute approximate surface area is 125 Å². The zero-order valence-electron chi connectivity index (χ0n) is 13.5. The molecule has 1 saturated carbocycles. The maximum Gasteiger partial charge on any atom is 0.0188 e. The van der Waals surface area contributed by atoms with Crippen molar-refractivity contribution >= 4 is 0 Å². The molecule has 2 atom stereocenters. The second-order valence-corrected chi connectivity index (χ2v) is 7.74. The Morgan fingerprint density at radius 3 is 2.50 bits per heavy atom. The van der Waals surface area contributed by atoms with Gasteiger partial charge in [0.1, 0.15) is 0 Å². The van der Waals surface area contributed by atoms with Gasteiger partial charge in [0, 0.05) is 5.54 Å². The maximum atomic E-state index is 6.85. The largest absolute Gasteiger partial charge is 0.325 e. The molecule has 2 unspecified atom stereocenters. The lowest BCUT2D eigenvalue weighted by Gasteiger charge is -2.48. The van der Waals surface area contributed by atoms with E-state index < -0.39 is 0 Å². The molecule has 0 bridgehead atoms. The molecule has 1 aromatic rings. The lowest BCUT2D eigenvalue weighted by molar-refractivity contribution is 0.0716. The van der Waals surface area contributed by atoms with Crippen molar-refractivity contribution < 1.29 is 0 Å². The fourth-order valence-corrected chi connectivity index (χ4v) is 4.13. The van der Waals surface area contributed by atoms with Gasteiger partial charge in [0.05, 0.1) is 0 Å². The highest BCUT2D eigenvalue weighted by atomic mass is 14.8. The van der Waals surface area contributed by atoms with Gasteiger partial charge >= 0.3 is 0 Å². The lowest BCUT2D eigenvalue weighted by Crippen LogP contribution is -2.53. The molecular formula is C19H31N. The van der Waals surface area contributed by atoms with E-state index in [1.807, 2.05) is 0 Å². The first-order valence-electron chi connectivity index (χ1n) is 8.25. The van der Waals surface area contributed by atoms with Crippen molar-refractivity contribution in [2.24, 2.45) is 17.1 Å². The Kier molecular flexibility index (Phi) is 4.90. The normalized spacial score (nSPS) is 27.5. The second-order valence-electron chi connectivity index (χ2n) is 7.74. The van der Waals surface area contributed by atoms with Crippen molar-refractivity contribution in [3.05, 3.63) is 35.9 Å². The SMILES string of the molecule is CC(C)(C)C1CCCCC1(N)CCCc1ccccc1. The molecule has 1 aliphatic rings. The lowest BCUT2D eigenvalue weighted by atomic mass is 9.61. The standard InChI is InChI=1S/C19H31N/c1-18(2,3)17-13-7-8-14-19(17,20)15-9-12-16-10-5-4-6-11-16/h4-6,10-11,17H,7-9,12-15,20H2,1-3H3. The van der Waals surface area contributed by atoms with Crippen LogP contribution >= 0.6 is 0 Å². The molecule has 0 saturated heterocycles. The van der Waals surface area contributed by atoms with Crippen LogP contribution in [0.1, 0.15) is 64.9 Å². The van der Waals surface area contributed by atoms with Crippen molar-refractivity contribution in [1.29, 1.82) is 0 Å². The molecule has 112 valence electrons. The van der Waals surface area contributed by atoms with Crippen molar-refractivity contribution in [3.8, 4) is 0 Å². The summed E-state index contributed by atoms with van der Waals surface area (Å²) in [6, 6.07) is 10.8. The van der Waals surface area contributed by atoms with Gasteiger partial charge in [0.15, 0.2) is 0 Å². The molecule has 1 aliphatic carbocycles. The van der Waals surface area contributed by atoms with Gasteiger partial charge in [-0.15, -0.1) is 0 Å². The fourth-order valence-electron chi connectivity index (χ4n) is 4.13. The van der Waals surface area contributed by atoms with Crippen molar-refractivity contribution in [2.75, 3.05) is 0 Å². The maximum absolute atomic E-state index is 6.85. The molecule has 1 aromatic carbocycles. The third-order valence-electron chi connectivity index (χ3n) is 5.07. The van der Waals surface area contributed by atoms with Crippen molar-refractivity contribution in [2.45, 2.75) is 71.3 Å². The summed E-state index contributed by atoms with van der Waals surface area (Å²) in [6.45, 7) is 7.09. The summed E-state index contributed by atoms with van der Waals surface area (Å²) in [5.41, 5.74) is 8.69. The van der Waals surface area contributed by atoms with E-state index in [1.165, 1.54) is 44.1 Å². The van der Waals surface area contributed by atoms with Crippen LogP contribution in [-0.4, -0.2) is 5.54 Å². The van der Waals surface area contributed by atoms with Crippen LogP contribution in [0.5, 0.6) is 0 Å². The molecule has 1 nitrogen and oxygen atoms in total. The van der Waals surface area contributed by atoms with Crippen LogP contribution in [0.4, 0.5) is 0 Å². The predicted octanol–water partition coefficient (Wildman–Crippen LogP) is 4.94. The summed E-state index contributed by atoms with van der Waals surface area (Å²) >= 11 is 0. The summed E-state index contributed by atoms with van der Waals surface area (Å²) in [5.74, 6) is 0.666. The van der Waals surface area contributed by atoms with E-state index in [-0.39, 0.29) is 5.54 Å². The molecule has 0 radical (unpaired) electrons. The molecular weight excluding hydrogens is 242 g/mol. The second kappa shape index (κ2) is 6.30. The number of rotatable bonds is 4. The summed E-state index contributed by atoms with van der Waals surface area (Å²) in [5, 5.41) is 0. The zero-order chi connectivity index (χ0) is 14.6. The number of nitrogens with two attached hydrogens (primary N) is 1. The van der Waals surface area contributed by atoms with Crippen LogP contribution in [-0.2, 0) is 6.42 Å². The van der Waals surface area contributed by atoms with E-state index in [2.05, 4.69) is 51.1 Å². The molecule has 2 rings (SSSR count). The average Bonchev–Trinajstić information content (AvgIpc) is 2.39. The first kappa shape index (κ1) is 15.6. The predicted molar refractivity (Wildman–Crippen MR) is 87.7 cm³/mol. The van der Waals surface area contributed by atoms with Gasteiger partial charge in [-0.1, -0.05) is 63.9 Å². The Hall–Kier alpha value is -0.820. The van der Waals surface area contributed by atoms with E-state index in [1.54, 1.807) is 0 Å². The van der Waals surface area contributed by atoms with Crippen molar-refractivity contribution in [3.63, 3.8) is 0 Å². The van der Waals surface area contributed by atoms with Crippen LogP contribution in [0, 0.1) is 11.3 Å². The molecule has 0 aliphatic heterocycles. The first-order valence-corrected chi connectivity index (χ1v) is 8.25. The third-order valence-corrected chi connectivity index (χ3v) is 5.07. The third kappa shape index (κ3) is 3.85. The summed E-state index contributed by atoms with van der Waals surface area (Å²) < 4.78 is 0. The minimum Gasteiger partial charge on any atom is -0.325 e. The monoisotopic (exact) mass is 273 g/mol. The Morgan fingerprint density at radius 2 is 1.85 bits per heavy atom. The van der Waals surface area contributed by atoms with E-state index >= 15 is 0 Å². The molecule has 0 aromatic heterocycles. The number of hydrogen-bond donors (Lipinski definition) is 1. The van der Waals surface area contributed by atoms with Crippen LogP contribution in [0.15, 0.2) is 30.3 Å². The topological polar surface area (TPSA) is 26.0 Å². The van der Waals surface area contributed by atoms with E-state index in [4.69, 9.17) is 5.73 Å². The average molecular weight is 273 g/mol. The first-order chi connectivity index (χ1) is 9.42. The van der Waals surface area contributed by atoms with E-state index in [0.717, 1.165) is 6.42 Å². The minimum absolute atomic E-state index is 0.0608. The zero-order valence-corrected chi connectivity index (χ0v) is 13.5. The van der Waals surface area contributed by atoms with Crippen molar-refractivity contribution in [1.82, 2.24) is 0 Å². The molecule has 20 heavy (non-hydrogen) atoms. The Balaban J connectivity index is 1.94. The van der Waals surface area contributed by atoms with Gasteiger partial charge in [-0.3, -0.25) is 0 Å². The molecule has 1 fully saturated rings. The number of aryl methyl sites for hydroxylation is 1. The number of benzene rings is 1.